The van der Waals surface area contributed by atoms with E-state index in [1.165, 1.54) is 12.8 Å². The Labute approximate surface area is 153 Å². The van der Waals surface area contributed by atoms with Crippen LogP contribution in [0.4, 0.5) is 5.82 Å². The van der Waals surface area contributed by atoms with Crippen LogP contribution in [0.25, 0.3) is 0 Å². The maximum absolute atomic E-state index is 12.2. The van der Waals surface area contributed by atoms with Gasteiger partial charge in [-0.2, -0.15) is 0 Å². The Balaban J connectivity index is 1.42. The first kappa shape index (κ1) is 17.1. The zero-order chi connectivity index (χ0) is 18.1. The van der Waals surface area contributed by atoms with Gasteiger partial charge in [-0.15, -0.1) is 0 Å². The number of rotatable bonds is 5. The molecule has 7 heteroatoms. The standard InChI is InChI=1S/C19H26N6O/c1-14-9-18(22-12-21-14)25(16-3-4-16)17-5-7-24(8-6-17)11-15-10-20-13-23(2)19(15)26/h9-10,12-13,16-17H,3-8,11H2,1-2H3. The summed E-state index contributed by atoms with van der Waals surface area (Å²) >= 11 is 0. The maximum Gasteiger partial charge on any atom is 0.257 e. The average Bonchev–Trinajstić information content (AvgIpc) is 3.46. The summed E-state index contributed by atoms with van der Waals surface area (Å²) in [7, 11) is 1.75. The Morgan fingerprint density at radius 3 is 2.58 bits per heavy atom. The molecule has 2 aromatic rings. The predicted octanol–water partition coefficient (Wildman–Crippen LogP) is 1.51. The Morgan fingerprint density at radius 2 is 1.88 bits per heavy atom. The van der Waals surface area contributed by atoms with Crippen LogP contribution in [0, 0.1) is 6.92 Å². The molecule has 0 aromatic carbocycles. The number of aromatic nitrogens is 4. The third kappa shape index (κ3) is 3.62. The number of nitrogens with zero attached hydrogens (tertiary/aromatic N) is 6. The number of aryl methyl sites for hydroxylation is 2. The molecule has 0 amide bonds. The van der Waals surface area contributed by atoms with Gasteiger partial charge in [0.25, 0.3) is 5.56 Å². The van der Waals surface area contributed by atoms with Crippen LogP contribution in [0.2, 0.25) is 0 Å². The highest BCUT2D eigenvalue weighted by Gasteiger charge is 2.36. The molecule has 0 bridgehead atoms. The van der Waals surface area contributed by atoms with Crippen LogP contribution in [0.3, 0.4) is 0 Å². The maximum atomic E-state index is 12.2. The van der Waals surface area contributed by atoms with Gasteiger partial charge in [-0.1, -0.05) is 0 Å². The highest BCUT2D eigenvalue weighted by Crippen LogP contribution is 2.35. The molecule has 26 heavy (non-hydrogen) atoms. The summed E-state index contributed by atoms with van der Waals surface area (Å²) in [4.78, 5) is 30.0. The number of hydrogen-bond acceptors (Lipinski definition) is 6. The Kier molecular flexibility index (Phi) is 4.72. The molecule has 1 saturated carbocycles. The average molecular weight is 354 g/mol. The summed E-state index contributed by atoms with van der Waals surface area (Å²) in [5.41, 5.74) is 1.85. The van der Waals surface area contributed by atoms with Crippen LogP contribution in [0.1, 0.15) is 36.9 Å². The summed E-state index contributed by atoms with van der Waals surface area (Å²) in [5.74, 6) is 1.07. The van der Waals surface area contributed by atoms with Gasteiger partial charge in [0.2, 0.25) is 0 Å². The van der Waals surface area contributed by atoms with Crippen molar-refractivity contribution in [3.8, 4) is 0 Å². The quantitative estimate of drug-likeness (QED) is 0.811. The van der Waals surface area contributed by atoms with Crippen molar-refractivity contribution in [1.29, 1.82) is 0 Å². The zero-order valence-electron chi connectivity index (χ0n) is 15.5. The van der Waals surface area contributed by atoms with Gasteiger partial charge in [0, 0.05) is 62.3 Å². The lowest BCUT2D eigenvalue weighted by Gasteiger charge is -2.39. The van der Waals surface area contributed by atoms with Gasteiger partial charge in [-0.25, -0.2) is 15.0 Å². The van der Waals surface area contributed by atoms with E-state index in [4.69, 9.17) is 0 Å². The second kappa shape index (κ2) is 7.15. The second-order valence-corrected chi connectivity index (χ2v) is 7.50. The van der Waals surface area contributed by atoms with E-state index in [9.17, 15) is 4.79 Å². The zero-order valence-corrected chi connectivity index (χ0v) is 15.5. The monoisotopic (exact) mass is 354 g/mol. The third-order valence-electron chi connectivity index (χ3n) is 5.40. The molecule has 138 valence electrons. The van der Waals surface area contributed by atoms with Crippen LogP contribution in [0.15, 0.2) is 29.7 Å². The van der Waals surface area contributed by atoms with Crippen molar-refractivity contribution in [2.75, 3.05) is 18.0 Å². The third-order valence-corrected chi connectivity index (χ3v) is 5.40. The van der Waals surface area contributed by atoms with E-state index in [1.807, 2.05) is 6.92 Å². The van der Waals surface area contributed by atoms with Crippen LogP contribution >= 0.6 is 0 Å². The molecular weight excluding hydrogens is 328 g/mol. The minimum atomic E-state index is 0.0539. The molecule has 2 fully saturated rings. The van der Waals surface area contributed by atoms with Crippen molar-refractivity contribution in [3.63, 3.8) is 0 Å². The molecule has 0 radical (unpaired) electrons. The van der Waals surface area contributed by atoms with Gasteiger partial charge < -0.3 is 9.47 Å². The van der Waals surface area contributed by atoms with Gasteiger partial charge >= 0.3 is 0 Å². The molecule has 0 spiro atoms. The van der Waals surface area contributed by atoms with E-state index in [0.717, 1.165) is 43.0 Å². The summed E-state index contributed by atoms with van der Waals surface area (Å²) in [6.07, 6.45) is 9.65. The topological polar surface area (TPSA) is 67.2 Å². The summed E-state index contributed by atoms with van der Waals surface area (Å²) in [5, 5.41) is 0. The molecule has 7 nitrogen and oxygen atoms in total. The smallest absolute Gasteiger partial charge is 0.257 e. The fraction of sp³-hybridized carbons (Fsp3) is 0.579. The molecule has 4 rings (SSSR count). The molecular formula is C19H26N6O. The molecule has 0 unspecified atom stereocenters. The van der Waals surface area contributed by atoms with E-state index in [1.54, 1.807) is 30.5 Å². The van der Waals surface area contributed by atoms with E-state index in [-0.39, 0.29) is 5.56 Å². The molecule has 3 heterocycles. The van der Waals surface area contributed by atoms with E-state index in [0.29, 0.717) is 18.6 Å². The summed E-state index contributed by atoms with van der Waals surface area (Å²) in [6.45, 7) is 4.70. The lowest BCUT2D eigenvalue weighted by molar-refractivity contribution is 0.199. The van der Waals surface area contributed by atoms with E-state index >= 15 is 0 Å². The molecule has 2 aliphatic rings. The Bertz CT molecular complexity index is 823. The SMILES string of the molecule is Cc1cc(N(C2CC2)C2CCN(Cc3cncn(C)c3=O)CC2)ncn1. The first-order valence-electron chi connectivity index (χ1n) is 9.40. The Morgan fingerprint density at radius 1 is 1.15 bits per heavy atom. The highest BCUT2D eigenvalue weighted by molar-refractivity contribution is 5.43. The fourth-order valence-corrected chi connectivity index (χ4v) is 3.87. The second-order valence-electron chi connectivity index (χ2n) is 7.50. The fourth-order valence-electron chi connectivity index (χ4n) is 3.87. The lowest BCUT2D eigenvalue weighted by Crippen LogP contribution is -2.46. The van der Waals surface area contributed by atoms with E-state index < -0.39 is 0 Å². The number of piperidine rings is 1. The summed E-state index contributed by atoms with van der Waals surface area (Å²) < 4.78 is 1.55. The minimum Gasteiger partial charge on any atom is -0.350 e. The summed E-state index contributed by atoms with van der Waals surface area (Å²) in [6, 6.07) is 3.25. The van der Waals surface area contributed by atoms with Gasteiger partial charge in [0.1, 0.15) is 12.1 Å². The van der Waals surface area contributed by atoms with Crippen molar-refractivity contribution in [2.45, 2.75) is 51.2 Å². The molecule has 1 saturated heterocycles. The van der Waals surface area contributed by atoms with Crippen LogP contribution < -0.4 is 10.5 Å². The minimum absolute atomic E-state index is 0.0539. The Hall–Kier alpha value is -2.28. The van der Waals surface area contributed by atoms with Crippen LogP contribution in [-0.2, 0) is 13.6 Å². The van der Waals surface area contributed by atoms with Gasteiger partial charge in [-0.05, 0) is 32.6 Å². The molecule has 1 aliphatic carbocycles. The molecule has 2 aromatic heterocycles. The molecule has 0 N–H and O–H groups in total. The van der Waals surface area contributed by atoms with Crippen LogP contribution in [0.5, 0.6) is 0 Å². The first-order chi connectivity index (χ1) is 12.6. The predicted molar refractivity (Wildman–Crippen MR) is 100 cm³/mol. The molecule has 1 aliphatic heterocycles. The van der Waals surface area contributed by atoms with Crippen molar-refractivity contribution < 1.29 is 0 Å². The van der Waals surface area contributed by atoms with Crippen LogP contribution in [-0.4, -0.2) is 49.6 Å². The number of likely N-dealkylation sites (tertiary alicyclic amines) is 1. The van der Waals surface area contributed by atoms with Crippen molar-refractivity contribution in [3.05, 3.63) is 46.5 Å². The molecule has 0 atom stereocenters. The lowest BCUT2D eigenvalue weighted by atomic mass is 10.0. The number of anilines is 1. The van der Waals surface area contributed by atoms with Gasteiger partial charge in [0.15, 0.2) is 0 Å². The van der Waals surface area contributed by atoms with E-state index in [2.05, 4.69) is 30.8 Å². The first-order valence-corrected chi connectivity index (χ1v) is 9.40. The highest BCUT2D eigenvalue weighted by atomic mass is 16.1. The van der Waals surface area contributed by atoms with Crippen molar-refractivity contribution in [2.24, 2.45) is 7.05 Å². The van der Waals surface area contributed by atoms with Crippen molar-refractivity contribution in [1.82, 2.24) is 24.4 Å². The van der Waals surface area contributed by atoms with Gasteiger partial charge in [-0.3, -0.25) is 9.69 Å². The van der Waals surface area contributed by atoms with Gasteiger partial charge in [0.05, 0.1) is 6.33 Å². The largest absolute Gasteiger partial charge is 0.350 e. The number of hydrogen-bond donors (Lipinski definition) is 0. The normalized spacial score (nSPS) is 18.8. The van der Waals surface area contributed by atoms with Crippen molar-refractivity contribution >= 4 is 5.82 Å².